The van der Waals surface area contributed by atoms with Crippen LogP contribution in [0.5, 0.6) is 11.5 Å². The molecule has 8 heteroatoms. The molecule has 3 rings (SSSR count). The number of methoxy groups -OCH3 is 2. The minimum absolute atomic E-state index is 0.103. The Balaban J connectivity index is 1.85. The van der Waals surface area contributed by atoms with E-state index in [1.165, 1.54) is 23.5 Å². The molecule has 2 aromatic carbocycles. The number of amides is 1. The van der Waals surface area contributed by atoms with E-state index in [9.17, 15) is 13.2 Å². The fourth-order valence-corrected chi connectivity index (χ4v) is 5.48. The number of nitrogens with zero attached hydrogens (tertiary/aromatic N) is 2. The Labute approximate surface area is 184 Å². The van der Waals surface area contributed by atoms with Gasteiger partial charge in [0.2, 0.25) is 10.0 Å². The number of carbonyl (C=O) groups is 1. The van der Waals surface area contributed by atoms with Crippen LogP contribution in [-0.4, -0.2) is 63.9 Å². The highest BCUT2D eigenvalue weighted by Crippen LogP contribution is 2.32. The summed E-state index contributed by atoms with van der Waals surface area (Å²) in [6.45, 7) is 5.49. The summed E-state index contributed by atoms with van der Waals surface area (Å²) in [5, 5.41) is 0. The molecule has 1 aliphatic rings. The van der Waals surface area contributed by atoms with Gasteiger partial charge in [-0.2, -0.15) is 4.31 Å². The molecule has 1 aliphatic heterocycles. The van der Waals surface area contributed by atoms with Gasteiger partial charge in [0.1, 0.15) is 11.5 Å². The lowest BCUT2D eigenvalue weighted by Gasteiger charge is -2.21. The zero-order chi connectivity index (χ0) is 22.6. The van der Waals surface area contributed by atoms with Crippen LogP contribution in [-0.2, 0) is 10.0 Å². The van der Waals surface area contributed by atoms with E-state index in [-0.39, 0.29) is 22.3 Å². The molecular formula is C23H30N2O5S. The van der Waals surface area contributed by atoms with Crippen LogP contribution in [0.25, 0.3) is 0 Å². The Morgan fingerprint density at radius 2 is 1.74 bits per heavy atom. The predicted octanol–water partition coefficient (Wildman–Crippen LogP) is 3.36. The summed E-state index contributed by atoms with van der Waals surface area (Å²) in [4.78, 5) is 15.2. The van der Waals surface area contributed by atoms with Crippen molar-refractivity contribution in [1.29, 1.82) is 0 Å². The number of benzene rings is 2. The third kappa shape index (κ3) is 4.70. The summed E-state index contributed by atoms with van der Waals surface area (Å²) >= 11 is 0. The summed E-state index contributed by atoms with van der Waals surface area (Å²) in [5.74, 6) is 1.18. The Bertz CT molecular complexity index is 1020. The first-order valence-electron chi connectivity index (χ1n) is 10.5. The fraction of sp³-hybridized carbons (Fsp3) is 0.435. The lowest BCUT2D eigenvalue weighted by molar-refractivity contribution is 0.0787. The molecule has 0 bridgehead atoms. The molecular weight excluding hydrogens is 416 g/mol. The first kappa shape index (κ1) is 23.1. The third-order valence-electron chi connectivity index (χ3n) is 5.81. The van der Waals surface area contributed by atoms with Crippen molar-refractivity contribution in [2.45, 2.75) is 31.1 Å². The van der Waals surface area contributed by atoms with Gasteiger partial charge in [-0.05, 0) is 42.3 Å². The van der Waals surface area contributed by atoms with Crippen molar-refractivity contribution in [2.75, 3.05) is 40.4 Å². The molecule has 1 heterocycles. The van der Waals surface area contributed by atoms with E-state index in [0.717, 1.165) is 17.7 Å². The van der Waals surface area contributed by atoms with Gasteiger partial charge < -0.3 is 14.4 Å². The molecule has 0 spiro atoms. The number of hydrogen-bond donors (Lipinski definition) is 0. The van der Waals surface area contributed by atoms with Crippen LogP contribution in [0.4, 0.5) is 0 Å². The molecule has 1 amide bonds. The highest BCUT2D eigenvalue weighted by molar-refractivity contribution is 7.89. The molecule has 31 heavy (non-hydrogen) atoms. The molecule has 1 saturated heterocycles. The first-order chi connectivity index (χ1) is 14.8. The maximum Gasteiger partial charge on any atom is 0.257 e. The maximum absolute atomic E-state index is 13.3. The van der Waals surface area contributed by atoms with Gasteiger partial charge in [-0.15, -0.1) is 0 Å². The Morgan fingerprint density at radius 1 is 1.06 bits per heavy atom. The molecule has 168 valence electrons. The van der Waals surface area contributed by atoms with Gasteiger partial charge in [-0.3, -0.25) is 4.79 Å². The number of rotatable bonds is 8. The van der Waals surface area contributed by atoms with Gasteiger partial charge in [-0.25, -0.2) is 8.42 Å². The first-order valence-corrected chi connectivity index (χ1v) is 11.9. The van der Waals surface area contributed by atoms with E-state index in [0.29, 0.717) is 31.9 Å². The number of hydrogen-bond acceptors (Lipinski definition) is 5. The van der Waals surface area contributed by atoms with E-state index in [2.05, 4.69) is 0 Å². The number of likely N-dealkylation sites (tertiary alicyclic amines) is 1. The molecule has 0 radical (unpaired) electrons. The van der Waals surface area contributed by atoms with Crippen molar-refractivity contribution < 1.29 is 22.7 Å². The standard InChI is InChI=1S/C23H30N2O5S/c1-5-25(6-2)31(27,28)20-11-12-22(30-4)21(15-20)23(26)24-14-13-18(16-24)17-7-9-19(29-3)10-8-17/h7-12,15,18H,5-6,13-14,16H2,1-4H3. The molecule has 1 fully saturated rings. The van der Waals surface area contributed by atoms with Gasteiger partial charge in [0.05, 0.1) is 24.7 Å². The van der Waals surface area contributed by atoms with Gasteiger partial charge >= 0.3 is 0 Å². The van der Waals surface area contributed by atoms with Crippen molar-refractivity contribution >= 4 is 15.9 Å². The molecule has 1 atom stereocenters. The van der Waals surface area contributed by atoms with Crippen LogP contribution < -0.4 is 9.47 Å². The zero-order valence-corrected chi connectivity index (χ0v) is 19.3. The van der Waals surface area contributed by atoms with Gasteiger partial charge in [-0.1, -0.05) is 26.0 Å². The molecule has 7 nitrogen and oxygen atoms in total. The topological polar surface area (TPSA) is 76.2 Å². The highest BCUT2D eigenvalue weighted by Gasteiger charge is 2.31. The van der Waals surface area contributed by atoms with Gasteiger partial charge in [0.15, 0.2) is 0 Å². The number of ether oxygens (including phenoxy) is 2. The predicted molar refractivity (Wildman–Crippen MR) is 119 cm³/mol. The molecule has 0 saturated carbocycles. The lowest BCUT2D eigenvalue weighted by Crippen LogP contribution is -2.32. The van der Waals surface area contributed by atoms with E-state index in [1.54, 1.807) is 31.9 Å². The quantitative estimate of drug-likeness (QED) is 0.622. The molecule has 0 aromatic heterocycles. The maximum atomic E-state index is 13.3. The third-order valence-corrected chi connectivity index (χ3v) is 7.85. The van der Waals surface area contributed by atoms with Crippen LogP contribution in [0.1, 0.15) is 42.1 Å². The van der Waals surface area contributed by atoms with Gasteiger partial charge in [0, 0.05) is 32.1 Å². The summed E-state index contributed by atoms with van der Waals surface area (Å²) < 4.78 is 37.8. The summed E-state index contributed by atoms with van der Waals surface area (Å²) in [7, 11) is -0.558. The van der Waals surface area contributed by atoms with Crippen molar-refractivity contribution in [1.82, 2.24) is 9.21 Å². The van der Waals surface area contributed by atoms with Crippen LogP contribution in [0.15, 0.2) is 47.4 Å². The zero-order valence-electron chi connectivity index (χ0n) is 18.5. The van der Waals surface area contributed by atoms with Crippen LogP contribution >= 0.6 is 0 Å². The molecule has 1 unspecified atom stereocenters. The minimum Gasteiger partial charge on any atom is -0.497 e. The van der Waals surface area contributed by atoms with Crippen molar-refractivity contribution in [2.24, 2.45) is 0 Å². The second-order valence-electron chi connectivity index (χ2n) is 7.46. The largest absolute Gasteiger partial charge is 0.497 e. The highest BCUT2D eigenvalue weighted by atomic mass is 32.2. The van der Waals surface area contributed by atoms with E-state index >= 15 is 0 Å². The Kier molecular flexibility index (Phi) is 7.23. The summed E-state index contributed by atoms with van der Waals surface area (Å²) in [6, 6.07) is 12.4. The lowest BCUT2D eigenvalue weighted by atomic mass is 9.98. The smallest absolute Gasteiger partial charge is 0.257 e. The van der Waals surface area contributed by atoms with Crippen molar-refractivity contribution in [3.8, 4) is 11.5 Å². The second-order valence-corrected chi connectivity index (χ2v) is 9.40. The molecule has 2 aromatic rings. The minimum atomic E-state index is -3.67. The molecule has 0 aliphatic carbocycles. The normalized spacial score (nSPS) is 16.5. The van der Waals surface area contributed by atoms with E-state index < -0.39 is 10.0 Å². The SMILES string of the molecule is CCN(CC)S(=O)(=O)c1ccc(OC)c(C(=O)N2CCC(c3ccc(OC)cc3)C2)c1. The summed E-state index contributed by atoms with van der Waals surface area (Å²) in [5.41, 5.74) is 1.42. The van der Waals surface area contributed by atoms with E-state index in [4.69, 9.17) is 9.47 Å². The monoisotopic (exact) mass is 446 g/mol. The average molecular weight is 447 g/mol. The number of sulfonamides is 1. The summed E-state index contributed by atoms with van der Waals surface area (Å²) in [6.07, 6.45) is 0.845. The Morgan fingerprint density at radius 3 is 2.32 bits per heavy atom. The van der Waals surface area contributed by atoms with Crippen LogP contribution in [0.2, 0.25) is 0 Å². The molecule has 0 N–H and O–H groups in total. The van der Waals surface area contributed by atoms with Crippen LogP contribution in [0, 0.1) is 0 Å². The van der Waals surface area contributed by atoms with Gasteiger partial charge in [0.25, 0.3) is 5.91 Å². The number of carbonyl (C=O) groups excluding carboxylic acids is 1. The Hall–Kier alpha value is -2.58. The second kappa shape index (κ2) is 9.70. The van der Waals surface area contributed by atoms with Crippen molar-refractivity contribution in [3.05, 3.63) is 53.6 Å². The van der Waals surface area contributed by atoms with Crippen molar-refractivity contribution in [3.63, 3.8) is 0 Å². The fourth-order valence-electron chi connectivity index (χ4n) is 3.99. The van der Waals surface area contributed by atoms with Crippen LogP contribution in [0.3, 0.4) is 0 Å². The van der Waals surface area contributed by atoms with E-state index in [1.807, 2.05) is 24.3 Å². The average Bonchev–Trinajstić information content (AvgIpc) is 3.29.